The van der Waals surface area contributed by atoms with Crippen LogP contribution in [0, 0.1) is 0 Å². The molecule has 0 bridgehead atoms. The average molecular weight is 399 g/mol. The Bertz CT molecular complexity index is 289. The normalized spacial score (nSPS) is 11.7. The molecule has 0 aliphatic carbocycles. The van der Waals surface area contributed by atoms with Gasteiger partial charge in [0, 0.05) is 19.5 Å². The van der Waals surface area contributed by atoms with Crippen molar-refractivity contribution in [2.45, 2.75) is 65.4 Å². The first-order chi connectivity index (χ1) is 8.85. The third kappa shape index (κ3) is 15.5. The molecule has 0 fully saturated rings. The van der Waals surface area contributed by atoms with Crippen molar-refractivity contribution in [2.75, 3.05) is 13.1 Å². The van der Waals surface area contributed by atoms with E-state index in [0.717, 1.165) is 38.8 Å². The molecule has 0 atom stereocenters. The summed E-state index contributed by atoms with van der Waals surface area (Å²) >= 11 is 0. The molecule has 0 heterocycles. The summed E-state index contributed by atoms with van der Waals surface area (Å²) in [6.45, 7) is 9.27. The minimum Gasteiger partial charge on any atom is -0.460 e. The number of unbranched alkanes of at least 4 members (excludes halogenated alkanes) is 2. The molecule has 0 aromatic heterocycles. The molecule has 0 saturated carbocycles. The van der Waals surface area contributed by atoms with Gasteiger partial charge >= 0.3 is 5.97 Å². The maximum atomic E-state index is 11.4. The fourth-order valence-electron chi connectivity index (χ4n) is 1.47. The summed E-state index contributed by atoms with van der Waals surface area (Å²) in [4.78, 5) is 15.6. The Hall–Kier alpha value is -0.530. The van der Waals surface area contributed by atoms with Crippen molar-refractivity contribution in [3.8, 4) is 0 Å². The van der Waals surface area contributed by atoms with Crippen LogP contribution < -0.4 is 11.1 Å². The number of hydrogen-bond donors (Lipinski definition) is 2. The summed E-state index contributed by atoms with van der Waals surface area (Å²) in [5, 5.41) is 3.06. The molecule has 6 heteroatoms. The van der Waals surface area contributed by atoms with Gasteiger partial charge in [-0.05, 0) is 40.0 Å². The number of carbonyl (C=O) groups excluding carboxylic acids is 1. The van der Waals surface area contributed by atoms with Crippen LogP contribution in [0.25, 0.3) is 0 Å². The molecule has 0 rings (SSSR count). The third-order valence-corrected chi connectivity index (χ3v) is 2.29. The largest absolute Gasteiger partial charge is 0.460 e. The fraction of sp³-hybridized carbons (Fsp3) is 0.857. The van der Waals surface area contributed by atoms with E-state index in [9.17, 15) is 4.79 Å². The number of aliphatic imine (C=N–C) groups is 1. The Kier molecular flexibility index (Phi) is 13.3. The zero-order valence-corrected chi connectivity index (χ0v) is 15.5. The Morgan fingerprint density at radius 3 is 2.45 bits per heavy atom. The second-order valence-electron chi connectivity index (χ2n) is 5.59. The van der Waals surface area contributed by atoms with E-state index in [2.05, 4.69) is 17.2 Å². The topological polar surface area (TPSA) is 76.7 Å². The van der Waals surface area contributed by atoms with Gasteiger partial charge in [-0.15, -0.1) is 24.0 Å². The smallest absolute Gasteiger partial charge is 0.306 e. The minimum absolute atomic E-state index is 0. The highest BCUT2D eigenvalue weighted by molar-refractivity contribution is 14.0. The summed E-state index contributed by atoms with van der Waals surface area (Å²) in [5.74, 6) is 0.387. The minimum atomic E-state index is -0.386. The second kappa shape index (κ2) is 12.2. The first kappa shape index (κ1) is 21.8. The van der Waals surface area contributed by atoms with E-state index in [1.807, 2.05) is 20.8 Å². The summed E-state index contributed by atoms with van der Waals surface area (Å²) in [5.41, 5.74) is 5.27. The Morgan fingerprint density at radius 2 is 1.90 bits per heavy atom. The Labute approximate surface area is 140 Å². The van der Waals surface area contributed by atoms with E-state index >= 15 is 0 Å². The quantitative estimate of drug-likeness (QED) is 0.216. The number of guanidine groups is 1. The monoisotopic (exact) mass is 399 g/mol. The van der Waals surface area contributed by atoms with Gasteiger partial charge in [-0.25, -0.2) is 0 Å². The van der Waals surface area contributed by atoms with Gasteiger partial charge < -0.3 is 15.8 Å². The van der Waals surface area contributed by atoms with Crippen molar-refractivity contribution in [3.05, 3.63) is 0 Å². The lowest BCUT2D eigenvalue weighted by atomic mass is 10.1. The number of rotatable bonds is 8. The lowest BCUT2D eigenvalue weighted by Gasteiger charge is -2.19. The van der Waals surface area contributed by atoms with E-state index in [0.29, 0.717) is 12.4 Å². The molecular weight excluding hydrogens is 369 g/mol. The summed E-state index contributed by atoms with van der Waals surface area (Å²) in [7, 11) is 0. The van der Waals surface area contributed by atoms with E-state index < -0.39 is 0 Å². The molecule has 0 saturated heterocycles. The van der Waals surface area contributed by atoms with Crippen LogP contribution in [0.15, 0.2) is 4.99 Å². The number of esters is 1. The molecular formula is C14H30IN3O2. The van der Waals surface area contributed by atoms with Gasteiger partial charge in [0.25, 0.3) is 0 Å². The number of nitrogens with two attached hydrogens (primary N) is 1. The first-order valence-corrected chi connectivity index (χ1v) is 7.11. The van der Waals surface area contributed by atoms with Crippen molar-refractivity contribution >= 4 is 35.9 Å². The number of halogens is 1. The standard InChI is InChI=1S/C14H29N3O2.HI/c1-5-10-16-13(15)17-11-8-6-7-9-12(18)19-14(2,3)4;/h5-11H2,1-4H3,(H3,15,16,17);1H. The highest BCUT2D eigenvalue weighted by Crippen LogP contribution is 2.10. The Morgan fingerprint density at radius 1 is 1.25 bits per heavy atom. The molecule has 5 nitrogen and oxygen atoms in total. The molecule has 3 N–H and O–H groups in total. The highest BCUT2D eigenvalue weighted by atomic mass is 127. The molecule has 0 aliphatic heterocycles. The molecule has 0 amide bonds. The number of nitrogens with one attached hydrogen (secondary N) is 1. The van der Waals surface area contributed by atoms with Gasteiger partial charge in [-0.1, -0.05) is 13.3 Å². The van der Waals surface area contributed by atoms with E-state index in [1.54, 1.807) is 0 Å². The molecule has 0 unspecified atom stereocenters. The van der Waals surface area contributed by atoms with Crippen LogP contribution in [0.3, 0.4) is 0 Å². The zero-order valence-electron chi connectivity index (χ0n) is 13.2. The lowest BCUT2D eigenvalue weighted by Crippen LogP contribution is -2.32. The predicted octanol–water partition coefficient (Wildman–Crippen LogP) is 2.82. The number of hydrogen-bond acceptors (Lipinski definition) is 3. The van der Waals surface area contributed by atoms with Gasteiger partial charge in [0.1, 0.15) is 5.60 Å². The van der Waals surface area contributed by atoms with E-state index in [-0.39, 0.29) is 35.5 Å². The summed E-state index contributed by atoms with van der Waals surface area (Å²) < 4.78 is 5.23. The number of ether oxygens (including phenoxy) is 1. The van der Waals surface area contributed by atoms with Gasteiger partial charge in [-0.2, -0.15) is 0 Å². The van der Waals surface area contributed by atoms with Crippen LogP contribution >= 0.6 is 24.0 Å². The van der Waals surface area contributed by atoms with Crippen molar-refractivity contribution in [1.82, 2.24) is 5.32 Å². The van der Waals surface area contributed by atoms with Crippen LogP contribution in [0.5, 0.6) is 0 Å². The molecule has 0 radical (unpaired) electrons. The third-order valence-electron chi connectivity index (χ3n) is 2.29. The molecule has 0 spiro atoms. The maximum absolute atomic E-state index is 11.4. The van der Waals surface area contributed by atoms with Crippen LogP contribution in [0.1, 0.15) is 59.8 Å². The van der Waals surface area contributed by atoms with Crippen LogP contribution in [0.4, 0.5) is 0 Å². The highest BCUT2D eigenvalue weighted by Gasteiger charge is 2.15. The van der Waals surface area contributed by atoms with Crippen molar-refractivity contribution < 1.29 is 9.53 Å². The zero-order chi connectivity index (χ0) is 14.7. The lowest BCUT2D eigenvalue weighted by molar-refractivity contribution is -0.154. The summed E-state index contributed by atoms with van der Waals surface area (Å²) in [6, 6.07) is 0. The van der Waals surface area contributed by atoms with Crippen molar-refractivity contribution in [2.24, 2.45) is 10.7 Å². The Balaban J connectivity index is 0. The second-order valence-corrected chi connectivity index (χ2v) is 5.59. The van der Waals surface area contributed by atoms with Crippen LogP contribution in [-0.4, -0.2) is 30.6 Å². The van der Waals surface area contributed by atoms with Gasteiger partial charge in [-0.3, -0.25) is 9.79 Å². The van der Waals surface area contributed by atoms with Gasteiger partial charge in [0.2, 0.25) is 0 Å². The molecule has 120 valence electrons. The van der Waals surface area contributed by atoms with Crippen LogP contribution in [-0.2, 0) is 9.53 Å². The predicted molar refractivity (Wildman–Crippen MR) is 94.5 cm³/mol. The number of nitrogens with zero attached hydrogens (tertiary/aromatic N) is 1. The molecule has 0 aromatic carbocycles. The molecule has 0 aromatic rings. The molecule has 0 aliphatic rings. The SMILES string of the molecule is CCCN=C(N)NCCCCCC(=O)OC(C)(C)C.I. The average Bonchev–Trinajstić information content (AvgIpc) is 2.28. The van der Waals surface area contributed by atoms with E-state index in [4.69, 9.17) is 10.5 Å². The van der Waals surface area contributed by atoms with Gasteiger partial charge in [0.05, 0.1) is 0 Å². The van der Waals surface area contributed by atoms with Crippen molar-refractivity contribution in [3.63, 3.8) is 0 Å². The van der Waals surface area contributed by atoms with Crippen molar-refractivity contribution in [1.29, 1.82) is 0 Å². The summed E-state index contributed by atoms with van der Waals surface area (Å²) in [6.07, 6.45) is 4.29. The van der Waals surface area contributed by atoms with E-state index in [1.165, 1.54) is 0 Å². The maximum Gasteiger partial charge on any atom is 0.306 e. The van der Waals surface area contributed by atoms with Gasteiger partial charge in [0.15, 0.2) is 5.96 Å². The fourth-order valence-corrected chi connectivity index (χ4v) is 1.47. The molecule has 20 heavy (non-hydrogen) atoms. The number of carbonyl (C=O) groups is 1. The first-order valence-electron chi connectivity index (χ1n) is 7.11. The van der Waals surface area contributed by atoms with Crippen LogP contribution in [0.2, 0.25) is 0 Å².